The van der Waals surface area contributed by atoms with Gasteiger partial charge in [-0.15, -0.1) is 0 Å². The number of nitrogens with zero attached hydrogens (tertiary/aromatic N) is 2. The van der Waals surface area contributed by atoms with Gasteiger partial charge in [0.15, 0.2) is 0 Å². The van der Waals surface area contributed by atoms with E-state index in [1.54, 1.807) is 19.2 Å². The summed E-state index contributed by atoms with van der Waals surface area (Å²) in [6.07, 6.45) is 0. The molecule has 1 heterocycles. The van der Waals surface area contributed by atoms with Gasteiger partial charge in [-0.2, -0.15) is 0 Å². The van der Waals surface area contributed by atoms with Crippen LogP contribution in [0.3, 0.4) is 0 Å². The Morgan fingerprint density at radius 2 is 2.10 bits per heavy atom. The quantitative estimate of drug-likeness (QED) is 0.904. The fourth-order valence-electron chi connectivity index (χ4n) is 1.80. The van der Waals surface area contributed by atoms with Crippen molar-refractivity contribution >= 4 is 35.6 Å². The third kappa shape index (κ3) is 2.83. The summed E-state index contributed by atoms with van der Waals surface area (Å²) in [7, 11) is 1.62. The maximum absolute atomic E-state index is 11.9. The molecule has 0 saturated carbocycles. The zero-order valence-corrected chi connectivity index (χ0v) is 11.4. The minimum Gasteiger partial charge on any atom is -0.343 e. The lowest BCUT2D eigenvalue weighted by Crippen LogP contribution is -2.38. The number of carbonyl (C=O) groups is 3. The average molecular weight is 298 g/mol. The first-order valence-corrected chi connectivity index (χ1v) is 6.10. The fraction of sp³-hybridized carbons (Fsp3) is 0.250. The monoisotopic (exact) mass is 297 g/mol. The fourth-order valence-corrected chi connectivity index (χ4v) is 1.88. The van der Waals surface area contributed by atoms with Crippen LogP contribution >= 0.6 is 11.9 Å². The Morgan fingerprint density at radius 1 is 1.35 bits per heavy atom. The highest BCUT2D eigenvalue weighted by Crippen LogP contribution is 2.14. The number of anilines is 1. The molecule has 20 heavy (non-hydrogen) atoms. The van der Waals surface area contributed by atoms with Crippen molar-refractivity contribution in [1.29, 1.82) is 0 Å². The number of carbonyl (C=O) groups excluding carboxylic acids is 3. The average Bonchev–Trinajstić information content (AvgIpc) is 2.78. The minimum atomic E-state index is -0.722. The first-order valence-electron chi connectivity index (χ1n) is 5.79. The van der Waals surface area contributed by atoms with Crippen molar-refractivity contribution in [2.75, 3.05) is 25.5 Å². The molecule has 1 aromatic rings. The van der Waals surface area contributed by atoms with Crippen LogP contribution in [0.4, 0.5) is 15.3 Å². The van der Waals surface area contributed by atoms with Gasteiger partial charge in [0.1, 0.15) is 11.9 Å². The van der Waals surface area contributed by atoms with Crippen LogP contribution in [0.2, 0.25) is 0 Å². The van der Waals surface area contributed by atoms with Crippen molar-refractivity contribution in [2.45, 2.75) is 0 Å². The minimum absolute atomic E-state index is 0.197. The zero-order valence-electron chi connectivity index (χ0n) is 10.6. The van der Waals surface area contributed by atoms with Gasteiger partial charge >= 0.3 is 18.0 Å². The van der Waals surface area contributed by atoms with Crippen molar-refractivity contribution < 1.29 is 18.7 Å². The number of amides is 4. The van der Waals surface area contributed by atoms with Crippen LogP contribution < -0.4 is 5.32 Å². The maximum Gasteiger partial charge on any atom is 0.356 e. The molecule has 0 bridgehead atoms. The van der Waals surface area contributed by atoms with E-state index < -0.39 is 12.0 Å². The lowest BCUT2D eigenvalue weighted by molar-refractivity contribution is 0.0751. The Labute approximate surface area is 120 Å². The molecular formula is C12H12ClN3O4. The van der Waals surface area contributed by atoms with E-state index in [2.05, 4.69) is 9.61 Å². The topological polar surface area (TPSA) is 78.9 Å². The molecule has 106 valence electrons. The van der Waals surface area contributed by atoms with Crippen LogP contribution in [0.1, 0.15) is 10.4 Å². The van der Waals surface area contributed by atoms with E-state index in [0.717, 1.165) is 4.90 Å². The number of urea groups is 2. The number of halogens is 1. The lowest BCUT2D eigenvalue weighted by atomic mass is 10.2. The Hall–Kier alpha value is -2.28. The van der Waals surface area contributed by atoms with Crippen molar-refractivity contribution in [3.05, 3.63) is 29.8 Å². The lowest BCUT2D eigenvalue weighted by Gasteiger charge is -2.15. The molecule has 1 aliphatic heterocycles. The van der Waals surface area contributed by atoms with Crippen LogP contribution in [0, 0.1) is 0 Å². The number of rotatable bonds is 2. The highest BCUT2D eigenvalue weighted by Gasteiger charge is 2.30. The van der Waals surface area contributed by atoms with Crippen LogP contribution in [0.15, 0.2) is 24.3 Å². The summed E-state index contributed by atoms with van der Waals surface area (Å²) < 4.78 is 4.08. The maximum atomic E-state index is 11.9. The summed E-state index contributed by atoms with van der Waals surface area (Å²) in [6, 6.07) is 5.15. The molecule has 1 N–H and O–H groups in total. The molecule has 0 aromatic heterocycles. The zero-order chi connectivity index (χ0) is 14.7. The number of nitrogens with one attached hydrogen (secondary N) is 1. The molecule has 0 aliphatic carbocycles. The number of imide groups is 1. The Balaban J connectivity index is 2.08. The second-order valence-corrected chi connectivity index (χ2v) is 4.39. The van der Waals surface area contributed by atoms with Gasteiger partial charge in [-0.3, -0.25) is 0 Å². The first-order chi connectivity index (χ1) is 9.52. The van der Waals surface area contributed by atoms with Gasteiger partial charge in [-0.05, 0) is 18.2 Å². The molecule has 8 heteroatoms. The smallest absolute Gasteiger partial charge is 0.343 e. The third-order valence-electron chi connectivity index (χ3n) is 2.88. The third-order valence-corrected chi connectivity index (χ3v) is 3.02. The van der Waals surface area contributed by atoms with Gasteiger partial charge in [0.2, 0.25) is 0 Å². The van der Waals surface area contributed by atoms with Gasteiger partial charge in [-0.1, -0.05) is 6.07 Å². The predicted molar refractivity (Wildman–Crippen MR) is 71.5 cm³/mol. The predicted octanol–water partition coefficient (Wildman–Crippen LogP) is 1.90. The molecule has 4 amide bonds. The second kappa shape index (κ2) is 5.79. The highest BCUT2D eigenvalue weighted by molar-refractivity contribution is 6.16. The van der Waals surface area contributed by atoms with Gasteiger partial charge in [0.25, 0.3) is 0 Å². The molecule has 2 rings (SSSR count). The SMILES string of the molecule is CN1CCN(C(=O)Nc2cccc(C(=O)OCl)c2)C1=O. The van der Waals surface area contributed by atoms with E-state index in [1.807, 2.05) is 0 Å². The van der Waals surface area contributed by atoms with E-state index in [4.69, 9.17) is 11.9 Å². The summed E-state index contributed by atoms with van der Waals surface area (Å²) in [5.41, 5.74) is 0.569. The molecule has 1 aliphatic rings. The van der Waals surface area contributed by atoms with Crippen molar-refractivity contribution in [1.82, 2.24) is 9.80 Å². The number of hydrogen-bond donors (Lipinski definition) is 1. The molecule has 0 radical (unpaired) electrons. The summed E-state index contributed by atoms with van der Waals surface area (Å²) in [5.74, 6) is -0.722. The number of likely N-dealkylation sites (N-methyl/N-ethyl adjacent to an activating group) is 1. The molecule has 0 unspecified atom stereocenters. The van der Waals surface area contributed by atoms with E-state index in [9.17, 15) is 14.4 Å². The van der Waals surface area contributed by atoms with Crippen molar-refractivity contribution in [3.8, 4) is 0 Å². The highest BCUT2D eigenvalue weighted by atomic mass is 35.5. The van der Waals surface area contributed by atoms with Crippen molar-refractivity contribution in [3.63, 3.8) is 0 Å². The van der Waals surface area contributed by atoms with E-state index >= 15 is 0 Å². The van der Waals surface area contributed by atoms with E-state index in [-0.39, 0.29) is 11.6 Å². The molecular weight excluding hydrogens is 286 g/mol. The summed E-state index contributed by atoms with van der Waals surface area (Å²) in [4.78, 5) is 37.4. The molecule has 7 nitrogen and oxygen atoms in total. The van der Waals surface area contributed by atoms with Gasteiger partial charge in [0, 0.05) is 25.8 Å². The Kier molecular flexibility index (Phi) is 4.09. The summed E-state index contributed by atoms with van der Waals surface area (Å²) in [5, 5.41) is 2.54. The standard InChI is InChI=1S/C12H12ClN3O4/c1-15-5-6-16(12(15)19)11(18)14-9-4-2-3-8(7-9)10(17)20-13/h2-4,7H,5-6H2,1H3,(H,14,18). The molecule has 1 aromatic carbocycles. The molecule has 0 spiro atoms. The molecule has 1 fully saturated rings. The number of hydrogen-bond acceptors (Lipinski definition) is 4. The second-order valence-electron chi connectivity index (χ2n) is 4.23. The number of benzene rings is 1. The van der Waals surface area contributed by atoms with Gasteiger partial charge in [0.05, 0.1) is 5.56 Å². The summed E-state index contributed by atoms with van der Waals surface area (Å²) in [6.45, 7) is 0.815. The Bertz CT molecular complexity index is 563. The molecule has 0 atom stereocenters. The first kappa shape index (κ1) is 14.1. The Morgan fingerprint density at radius 3 is 2.70 bits per heavy atom. The molecule has 1 saturated heterocycles. The van der Waals surface area contributed by atoms with Crippen LogP contribution in [0.25, 0.3) is 0 Å². The largest absolute Gasteiger partial charge is 0.356 e. The van der Waals surface area contributed by atoms with Crippen LogP contribution in [-0.4, -0.2) is 48.0 Å². The van der Waals surface area contributed by atoms with E-state index in [0.29, 0.717) is 18.8 Å². The summed E-state index contributed by atoms with van der Waals surface area (Å²) >= 11 is 4.99. The van der Waals surface area contributed by atoms with Gasteiger partial charge < -0.3 is 14.5 Å². The van der Waals surface area contributed by atoms with Crippen LogP contribution in [-0.2, 0) is 4.29 Å². The van der Waals surface area contributed by atoms with Crippen molar-refractivity contribution in [2.24, 2.45) is 0 Å². The van der Waals surface area contributed by atoms with E-state index in [1.165, 1.54) is 17.0 Å². The van der Waals surface area contributed by atoms with Gasteiger partial charge in [-0.25, -0.2) is 19.3 Å². The van der Waals surface area contributed by atoms with Crippen LogP contribution in [0.5, 0.6) is 0 Å². The normalized spacial score (nSPS) is 14.4.